The molecule has 0 N–H and O–H groups in total. The third kappa shape index (κ3) is 3.05. The van der Waals surface area contributed by atoms with E-state index in [9.17, 15) is 4.79 Å². The van der Waals surface area contributed by atoms with Gasteiger partial charge in [-0.1, -0.05) is 0 Å². The van der Waals surface area contributed by atoms with Gasteiger partial charge in [0.05, 0.1) is 23.3 Å². The lowest BCUT2D eigenvalue weighted by molar-refractivity contribution is -0.118. The fourth-order valence-corrected chi connectivity index (χ4v) is 1.83. The van der Waals surface area contributed by atoms with Crippen LogP contribution in [0.4, 0.5) is 0 Å². The zero-order valence-electron chi connectivity index (χ0n) is 11.4. The van der Waals surface area contributed by atoms with Crippen molar-refractivity contribution in [3.05, 3.63) is 40.7 Å². The number of hydrogen-bond acceptors (Lipinski definition) is 4. The number of Topliss-reactive ketones (excluding diaryl/α,β-unsaturated/α-hetero) is 1. The summed E-state index contributed by atoms with van der Waals surface area (Å²) in [5, 5.41) is 17.9. The summed E-state index contributed by atoms with van der Waals surface area (Å²) in [6.07, 6.45) is 1.81. The molecule has 2 rings (SSSR count). The van der Waals surface area contributed by atoms with Crippen molar-refractivity contribution in [1.82, 2.24) is 0 Å². The fraction of sp³-hybridized carbons (Fsp3) is 0.312. The number of nitrogens with zero attached hydrogens (tertiary/aromatic N) is 2. The van der Waals surface area contributed by atoms with Gasteiger partial charge >= 0.3 is 0 Å². The molecule has 1 aromatic carbocycles. The van der Waals surface area contributed by atoms with Crippen molar-refractivity contribution in [1.29, 1.82) is 10.5 Å². The van der Waals surface area contributed by atoms with Gasteiger partial charge < -0.3 is 4.74 Å². The largest absolute Gasteiger partial charge is 0.454 e. The van der Waals surface area contributed by atoms with Crippen LogP contribution in [0.25, 0.3) is 0 Å². The molecule has 0 radical (unpaired) electrons. The quantitative estimate of drug-likeness (QED) is 0.620. The summed E-state index contributed by atoms with van der Waals surface area (Å²) in [4.78, 5) is 12.1. The molecule has 0 heterocycles. The number of rotatable bonds is 4. The van der Waals surface area contributed by atoms with E-state index in [0.717, 1.165) is 18.4 Å². The average molecular weight is 266 g/mol. The van der Waals surface area contributed by atoms with Gasteiger partial charge in [-0.05, 0) is 50.5 Å². The molecule has 1 aliphatic rings. The highest BCUT2D eigenvalue weighted by molar-refractivity contribution is 5.97. The lowest BCUT2D eigenvalue weighted by atomic mass is 10.1. The number of hydrogen-bond donors (Lipinski definition) is 0. The molecule has 100 valence electrons. The van der Waals surface area contributed by atoms with E-state index < -0.39 is 0 Å². The summed E-state index contributed by atoms with van der Waals surface area (Å²) < 4.78 is 5.65. The van der Waals surface area contributed by atoms with Crippen LogP contribution in [0.15, 0.2) is 29.5 Å². The highest BCUT2D eigenvalue weighted by Gasteiger charge is 2.33. The van der Waals surface area contributed by atoms with E-state index in [0.29, 0.717) is 22.6 Å². The zero-order chi connectivity index (χ0) is 14.7. The first kappa shape index (κ1) is 13.8. The molecule has 1 saturated carbocycles. The number of benzene rings is 1. The maximum Gasteiger partial charge on any atom is 0.201 e. The van der Waals surface area contributed by atoms with E-state index in [1.165, 1.54) is 18.2 Å². The van der Waals surface area contributed by atoms with Gasteiger partial charge in [-0.2, -0.15) is 10.5 Å². The van der Waals surface area contributed by atoms with Crippen LogP contribution in [0.2, 0.25) is 0 Å². The summed E-state index contributed by atoms with van der Waals surface area (Å²) >= 11 is 0. The molecule has 0 atom stereocenters. The summed E-state index contributed by atoms with van der Waals surface area (Å²) in [6.45, 7) is 3.63. The first-order valence-electron chi connectivity index (χ1n) is 6.40. The maximum atomic E-state index is 12.1. The van der Waals surface area contributed by atoms with Crippen molar-refractivity contribution in [3.8, 4) is 17.9 Å². The van der Waals surface area contributed by atoms with E-state index in [1.54, 1.807) is 0 Å². The van der Waals surface area contributed by atoms with Crippen molar-refractivity contribution in [2.75, 3.05) is 0 Å². The van der Waals surface area contributed by atoms with Gasteiger partial charge in [-0.15, -0.1) is 0 Å². The Morgan fingerprint density at radius 2 is 1.70 bits per heavy atom. The predicted molar refractivity (Wildman–Crippen MR) is 72.6 cm³/mol. The van der Waals surface area contributed by atoms with Crippen molar-refractivity contribution in [3.63, 3.8) is 0 Å². The van der Waals surface area contributed by atoms with E-state index >= 15 is 0 Å². The molecule has 0 aromatic heterocycles. The predicted octanol–water partition coefficient (Wildman–Crippen LogP) is 3.08. The number of ether oxygens (including phenoxy) is 1. The molecule has 4 heteroatoms. The Kier molecular flexibility index (Phi) is 3.86. The number of allylic oxidation sites excluding steroid dienone is 2. The van der Waals surface area contributed by atoms with E-state index in [1.807, 2.05) is 26.0 Å². The van der Waals surface area contributed by atoms with Crippen LogP contribution < -0.4 is 4.74 Å². The van der Waals surface area contributed by atoms with Gasteiger partial charge in [0.15, 0.2) is 5.76 Å². The Hall–Kier alpha value is -2.59. The molecule has 0 aliphatic heterocycles. The molecule has 1 aliphatic carbocycles. The van der Waals surface area contributed by atoms with Gasteiger partial charge in [0, 0.05) is 5.92 Å². The van der Waals surface area contributed by atoms with Gasteiger partial charge in [0.25, 0.3) is 0 Å². The first-order valence-corrected chi connectivity index (χ1v) is 6.40. The zero-order valence-corrected chi connectivity index (χ0v) is 11.4. The standard InChI is InChI=1S/C16H14N2O2/c1-10(2)16(15(19)13-3-4-13)20-14-6-11(8-17)5-12(7-14)9-18/h5-7,13H,3-4H2,1-2H3. The summed E-state index contributed by atoms with van der Waals surface area (Å²) in [7, 11) is 0. The molecular formula is C16H14N2O2. The van der Waals surface area contributed by atoms with Crippen LogP contribution in [0.1, 0.15) is 37.8 Å². The van der Waals surface area contributed by atoms with Gasteiger partial charge in [-0.25, -0.2) is 0 Å². The number of carbonyl (C=O) groups is 1. The molecule has 0 unspecified atom stereocenters. The Labute approximate surface area is 117 Å². The fourth-order valence-electron chi connectivity index (χ4n) is 1.83. The second kappa shape index (κ2) is 5.59. The minimum atomic E-state index is 0.00543. The molecule has 0 amide bonds. The summed E-state index contributed by atoms with van der Waals surface area (Å²) in [5.41, 5.74) is 1.47. The minimum absolute atomic E-state index is 0.00543. The van der Waals surface area contributed by atoms with Crippen molar-refractivity contribution < 1.29 is 9.53 Å². The third-order valence-electron chi connectivity index (χ3n) is 3.01. The SMILES string of the molecule is CC(C)=C(Oc1cc(C#N)cc(C#N)c1)C(=O)C1CC1. The Balaban J connectivity index is 2.32. The summed E-state index contributed by atoms with van der Waals surface area (Å²) in [5.74, 6) is 0.748. The molecule has 0 spiro atoms. The molecule has 4 nitrogen and oxygen atoms in total. The number of nitriles is 2. The van der Waals surface area contributed by atoms with Crippen molar-refractivity contribution in [2.45, 2.75) is 26.7 Å². The van der Waals surface area contributed by atoms with E-state index in [-0.39, 0.29) is 11.7 Å². The van der Waals surface area contributed by atoms with Gasteiger partial charge in [0.1, 0.15) is 5.75 Å². The molecular weight excluding hydrogens is 252 g/mol. The molecule has 0 saturated heterocycles. The third-order valence-corrected chi connectivity index (χ3v) is 3.01. The number of carbonyl (C=O) groups excluding carboxylic acids is 1. The number of ketones is 1. The minimum Gasteiger partial charge on any atom is -0.454 e. The molecule has 1 aromatic rings. The Bertz CT molecular complexity index is 634. The Morgan fingerprint density at radius 1 is 1.15 bits per heavy atom. The van der Waals surface area contributed by atoms with E-state index in [4.69, 9.17) is 15.3 Å². The van der Waals surface area contributed by atoms with Crippen molar-refractivity contribution in [2.24, 2.45) is 5.92 Å². The second-order valence-electron chi connectivity index (χ2n) is 5.04. The van der Waals surface area contributed by atoms with Gasteiger partial charge in [-0.3, -0.25) is 4.79 Å². The van der Waals surface area contributed by atoms with Crippen LogP contribution in [0.5, 0.6) is 5.75 Å². The highest BCUT2D eigenvalue weighted by Crippen LogP contribution is 2.34. The lowest BCUT2D eigenvalue weighted by Crippen LogP contribution is -2.12. The molecule has 20 heavy (non-hydrogen) atoms. The Morgan fingerprint density at radius 3 is 2.10 bits per heavy atom. The second-order valence-corrected chi connectivity index (χ2v) is 5.04. The van der Waals surface area contributed by atoms with Crippen LogP contribution in [-0.4, -0.2) is 5.78 Å². The summed E-state index contributed by atoms with van der Waals surface area (Å²) in [6, 6.07) is 8.50. The van der Waals surface area contributed by atoms with Gasteiger partial charge in [0.2, 0.25) is 5.78 Å². The van der Waals surface area contributed by atoms with Crippen LogP contribution in [0, 0.1) is 28.6 Å². The maximum absolute atomic E-state index is 12.1. The highest BCUT2D eigenvalue weighted by atomic mass is 16.5. The first-order chi connectivity index (χ1) is 9.55. The monoisotopic (exact) mass is 266 g/mol. The average Bonchev–Trinajstić information content (AvgIpc) is 3.27. The van der Waals surface area contributed by atoms with E-state index in [2.05, 4.69) is 0 Å². The van der Waals surface area contributed by atoms with Crippen LogP contribution in [-0.2, 0) is 4.79 Å². The smallest absolute Gasteiger partial charge is 0.201 e. The van der Waals surface area contributed by atoms with Crippen LogP contribution in [0.3, 0.4) is 0 Å². The normalized spacial score (nSPS) is 13.0. The lowest BCUT2D eigenvalue weighted by Gasteiger charge is -2.11. The van der Waals surface area contributed by atoms with Crippen LogP contribution >= 0.6 is 0 Å². The topological polar surface area (TPSA) is 73.9 Å². The molecule has 0 bridgehead atoms. The van der Waals surface area contributed by atoms with Crippen molar-refractivity contribution >= 4 is 5.78 Å². The molecule has 1 fully saturated rings.